The van der Waals surface area contributed by atoms with E-state index in [9.17, 15) is 21.0 Å². The number of fused-ring (bicyclic) bond motifs is 12. The maximum absolute atomic E-state index is 9.69. The Labute approximate surface area is 500 Å². The van der Waals surface area contributed by atoms with Gasteiger partial charge in [0.2, 0.25) is 0 Å². The molecule has 0 fully saturated rings. The first-order valence-electron chi connectivity index (χ1n) is 27.2. The molecule has 9 aromatic carbocycles. The quantitative estimate of drug-likeness (QED) is 0.137. The van der Waals surface area contributed by atoms with Crippen molar-refractivity contribution in [1.82, 2.24) is 17.5 Å². The lowest BCUT2D eigenvalue weighted by atomic mass is 9.65. The number of benzene rings is 9. The van der Waals surface area contributed by atoms with E-state index in [0.29, 0.717) is 22.2 Å². The number of nitrogens with zero attached hydrogens (tertiary/aromatic N) is 8. The average Bonchev–Trinajstić information content (AvgIpc) is 1.54. The van der Waals surface area contributed by atoms with Crippen LogP contribution in [0.25, 0.3) is 97.5 Å². The fourth-order valence-corrected chi connectivity index (χ4v) is 16.9. The van der Waals surface area contributed by atoms with Crippen LogP contribution >= 0.6 is 46.1 Å². The van der Waals surface area contributed by atoms with E-state index in [4.69, 9.17) is 17.5 Å². The molecule has 394 valence electrons. The summed E-state index contributed by atoms with van der Waals surface area (Å²) < 4.78 is 21.4. The first-order valence-corrected chi connectivity index (χ1v) is 30.3. The molecule has 84 heavy (non-hydrogen) atoms. The highest BCUT2D eigenvalue weighted by Crippen LogP contribution is 2.65. The van der Waals surface area contributed by atoms with Crippen LogP contribution in [0.3, 0.4) is 0 Å². The molecule has 12 heteroatoms. The molecule has 4 aromatic heterocycles. The summed E-state index contributed by atoms with van der Waals surface area (Å²) in [4.78, 5) is 2.09. The van der Waals surface area contributed by atoms with Crippen molar-refractivity contribution < 1.29 is 0 Å². The normalized spacial score (nSPS) is 13.1. The van der Waals surface area contributed by atoms with E-state index < -0.39 is 10.8 Å². The smallest absolute Gasteiger partial charge is 0.130 e. The predicted octanol–water partition coefficient (Wildman–Crippen LogP) is 18.3. The topological polar surface area (TPSA) is 147 Å². The van der Waals surface area contributed by atoms with Crippen molar-refractivity contribution in [2.75, 3.05) is 0 Å². The first kappa shape index (κ1) is 50.9. The molecule has 0 spiro atoms. The van der Waals surface area contributed by atoms with Gasteiger partial charge in [-0.05, 0) is 131 Å². The molecular formula is C72H42N8S4. The molecule has 0 atom stereocenters. The van der Waals surface area contributed by atoms with Crippen molar-refractivity contribution in [2.45, 2.75) is 38.5 Å². The number of allylic oxidation sites excluding steroid dienone is 2. The van der Waals surface area contributed by atoms with Crippen LogP contribution in [0, 0.1) is 73.0 Å². The highest BCUT2D eigenvalue weighted by atomic mass is 32.1. The molecule has 0 saturated heterocycles. The number of rotatable bonds is 8. The summed E-state index contributed by atoms with van der Waals surface area (Å²) >= 11 is 5.79. The van der Waals surface area contributed by atoms with Gasteiger partial charge in [0.05, 0.1) is 34.3 Å². The van der Waals surface area contributed by atoms with E-state index >= 15 is 0 Å². The van der Waals surface area contributed by atoms with Gasteiger partial charge in [0.25, 0.3) is 0 Å². The van der Waals surface area contributed by atoms with Gasteiger partial charge >= 0.3 is 0 Å². The van der Waals surface area contributed by atoms with Crippen molar-refractivity contribution >= 4 is 101 Å². The Kier molecular flexibility index (Phi) is 11.7. The number of aryl methyl sites for hydroxylation is 4. The van der Waals surface area contributed by atoms with Gasteiger partial charge in [0, 0.05) is 52.5 Å². The maximum Gasteiger partial charge on any atom is 0.130 e. The fourth-order valence-electron chi connectivity index (χ4n) is 13.2. The van der Waals surface area contributed by atoms with E-state index in [0.717, 1.165) is 66.1 Å². The molecule has 0 radical (unpaired) electrons. The third-order valence-corrected chi connectivity index (χ3v) is 20.6. The fraction of sp³-hybridized carbons (Fsp3) is 0.0833. The van der Waals surface area contributed by atoms with Gasteiger partial charge in [0.15, 0.2) is 0 Å². The Hall–Kier alpha value is -10.0. The third-order valence-electron chi connectivity index (χ3n) is 17.1. The van der Waals surface area contributed by atoms with Gasteiger partial charge in [0.1, 0.15) is 57.5 Å². The first-order chi connectivity index (χ1) is 41.0. The molecule has 0 aliphatic heterocycles. The molecule has 4 heterocycles. The molecule has 8 nitrogen and oxygen atoms in total. The standard InChI is InChI=1S/C72H42N8S4/c1-39-5-17-49(18-6-39)71(50-19-7-40(2)8-20-50)57-27-15-47-31-61(53-25-13-45(29-43(35-73)36-74)65-67(53)79-83-77-65)81-69(47)63(57)55-34-60-56(33-59(55)71)64-58(72(60,51-21-9-41(3)10-22-51)52-23-11-42(4)12-24-52)28-16-48-32-62(82-70(48)64)54-26-14-46(30-44(37-75)38-76)66-68(54)80-84-78-66/h5-34H,1-4H3. The van der Waals surface area contributed by atoms with Crippen LogP contribution in [-0.2, 0) is 10.8 Å². The van der Waals surface area contributed by atoms with E-state index in [1.54, 1.807) is 34.8 Å². The SMILES string of the molecule is Cc1ccc(C2(c3ccc(C)cc3)c3cc4c(cc3-c3c2ccc2cc(-c5ccc(C=C(C#N)C#N)c6nsnc56)sc32)C(c2ccc(C)cc2)(c2ccc(C)cc2)c2ccc3cc(-c5ccc(C=C(C#N)C#N)c6nsnc56)sc3c2-4)cc1. The second-order valence-corrected chi connectivity index (χ2v) is 25.0. The van der Waals surface area contributed by atoms with Crippen LogP contribution in [0.1, 0.15) is 77.9 Å². The molecule has 13 aromatic rings. The molecule has 0 unspecified atom stereocenters. The molecule has 0 amide bonds. The summed E-state index contributed by atoms with van der Waals surface area (Å²) in [6.07, 6.45) is 3.18. The summed E-state index contributed by atoms with van der Waals surface area (Å²) in [6.45, 7) is 8.61. The van der Waals surface area contributed by atoms with E-state index in [1.807, 2.05) is 48.5 Å². The molecular weight excluding hydrogens is 1110 g/mol. The Balaban J connectivity index is 1.06. The van der Waals surface area contributed by atoms with Crippen molar-refractivity contribution in [3.63, 3.8) is 0 Å². The van der Waals surface area contributed by atoms with Gasteiger partial charge in [-0.25, -0.2) is 0 Å². The molecule has 0 N–H and O–H groups in total. The van der Waals surface area contributed by atoms with Crippen LogP contribution in [0.4, 0.5) is 0 Å². The number of hydrogen-bond donors (Lipinski definition) is 0. The second-order valence-electron chi connectivity index (χ2n) is 21.8. The Bertz CT molecular complexity index is 4770. The van der Waals surface area contributed by atoms with Crippen molar-refractivity contribution in [3.8, 4) is 67.4 Å². The minimum absolute atomic E-state index is 0.00677. The van der Waals surface area contributed by atoms with Gasteiger partial charge in [-0.1, -0.05) is 168 Å². The zero-order valence-corrected chi connectivity index (χ0v) is 48.8. The monoisotopic (exact) mass is 1150 g/mol. The number of nitriles is 4. The zero-order chi connectivity index (χ0) is 57.2. The lowest BCUT2D eigenvalue weighted by Crippen LogP contribution is -2.30. The van der Waals surface area contributed by atoms with Crippen LogP contribution < -0.4 is 0 Å². The molecule has 0 saturated carbocycles. The van der Waals surface area contributed by atoms with Crippen LogP contribution in [-0.4, -0.2) is 17.5 Å². The molecule has 2 aliphatic rings. The summed E-state index contributed by atoms with van der Waals surface area (Å²) in [5.41, 5.74) is 23.5. The van der Waals surface area contributed by atoms with Crippen LogP contribution in [0.2, 0.25) is 0 Å². The summed E-state index contributed by atoms with van der Waals surface area (Å²) in [5.74, 6) is 0. The average molecular weight is 1150 g/mol. The molecule has 0 bridgehead atoms. The number of hydrogen-bond acceptors (Lipinski definition) is 12. The highest BCUT2D eigenvalue weighted by Gasteiger charge is 2.52. The maximum atomic E-state index is 9.69. The molecule has 15 rings (SSSR count). The highest BCUT2D eigenvalue weighted by molar-refractivity contribution is 7.23. The van der Waals surface area contributed by atoms with Crippen LogP contribution in [0.5, 0.6) is 0 Å². The lowest BCUT2D eigenvalue weighted by molar-refractivity contribution is 0.758. The summed E-state index contributed by atoms with van der Waals surface area (Å²) in [7, 11) is 0. The lowest BCUT2D eigenvalue weighted by Gasteiger charge is -2.35. The third kappa shape index (κ3) is 7.36. The van der Waals surface area contributed by atoms with E-state index in [2.05, 4.69) is 173 Å². The number of thiophene rings is 2. The van der Waals surface area contributed by atoms with Gasteiger partial charge in [-0.3, -0.25) is 0 Å². The van der Waals surface area contributed by atoms with Crippen molar-refractivity contribution in [3.05, 3.63) is 259 Å². The summed E-state index contributed by atoms with van der Waals surface area (Å²) in [6, 6.07) is 71.6. The minimum atomic E-state index is -0.761. The molecule has 2 aliphatic carbocycles. The van der Waals surface area contributed by atoms with Gasteiger partial charge < -0.3 is 0 Å². The predicted molar refractivity (Wildman–Crippen MR) is 342 cm³/mol. The van der Waals surface area contributed by atoms with E-state index in [-0.39, 0.29) is 11.1 Å². The van der Waals surface area contributed by atoms with E-state index in [1.165, 1.54) is 98.4 Å². The second kappa shape index (κ2) is 19.3. The van der Waals surface area contributed by atoms with Gasteiger partial charge in [-0.15, -0.1) is 22.7 Å². The summed E-state index contributed by atoms with van der Waals surface area (Å²) in [5, 5.41) is 41.0. The Morgan fingerprint density at radius 1 is 0.369 bits per heavy atom. The number of aromatic nitrogens is 4. The van der Waals surface area contributed by atoms with Crippen molar-refractivity contribution in [1.29, 1.82) is 21.0 Å². The Morgan fingerprint density at radius 2 is 0.702 bits per heavy atom. The minimum Gasteiger partial charge on any atom is -0.192 e. The zero-order valence-electron chi connectivity index (χ0n) is 45.5. The van der Waals surface area contributed by atoms with Gasteiger partial charge in [-0.2, -0.15) is 38.5 Å². The van der Waals surface area contributed by atoms with Crippen molar-refractivity contribution in [2.24, 2.45) is 0 Å². The van der Waals surface area contributed by atoms with Crippen LogP contribution in [0.15, 0.2) is 181 Å². The Morgan fingerprint density at radius 3 is 1.04 bits per heavy atom. The largest absolute Gasteiger partial charge is 0.192 e.